The fourth-order valence-corrected chi connectivity index (χ4v) is 2.93. The average molecular weight is 271 g/mol. The van der Waals surface area contributed by atoms with Crippen LogP contribution in [0.2, 0.25) is 0 Å². The Balaban J connectivity index is 2.14. The molecular formula is C18H25NO. The lowest BCUT2D eigenvalue weighted by Crippen LogP contribution is -2.17. The van der Waals surface area contributed by atoms with E-state index in [2.05, 4.69) is 51.2 Å². The summed E-state index contributed by atoms with van der Waals surface area (Å²) in [6, 6.07) is 6.16. The predicted octanol–water partition coefficient (Wildman–Crippen LogP) is 4.48. The molecule has 1 fully saturated rings. The Hall–Kier alpha value is -1.57. The van der Waals surface area contributed by atoms with Gasteiger partial charge in [0.25, 0.3) is 0 Å². The largest absolute Gasteiger partial charge is 0.326 e. The van der Waals surface area contributed by atoms with Crippen molar-refractivity contribution in [1.29, 1.82) is 0 Å². The molecule has 0 unspecified atom stereocenters. The molecule has 1 aliphatic carbocycles. The molecule has 0 heterocycles. The minimum absolute atomic E-state index is 0.0685. The third-order valence-electron chi connectivity index (χ3n) is 4.36. The molecule has 0 aromatic heterocycles. The fraction of sp³-hybridized carbons (Fsp3) is 0.500. The molecule has 0 saturated heterocycles. The van der Waals surface area contributed by atoms with Crippen LogP contribution in [-0.2, 0) is 4.79 Å². The number of hydrogen-bond acceptors (Lipinski definition) is 1. The van der Waals surface area contributed by atoms with Gasteiger partial charge in [-0.2, -0.15) is 0 Å². The fourth-order valence-electron chi connectivity index (χ4n) is 2.93. The number of anilines is 1. The molecule has 2 atom stereocenters. The molecule has 0 radical (unpaired) electrons. The van der Waals surface area contributed by atoms with E-state index in [1.54, 1.807) is 0 Å². The summed E-state index contributed by atoms with van der Waals surface area (Å²) in [5, 5.41) is 3.10. The maximum Gasteiger partial charge on any atom is 0.228 e. The van der Waals surface area contributed by atoms with Crippen LogP contribution in [0, 0.1) is 31.1 Å². The Morgan fingerprint density at radius 2 is 1.90 bits per heavy atom. The predicted molar refractivity (Wildman–Crippen MR) is 84.7 cm³/mol. The number of allylic oxidation sites excluding steroid dienone is 2. The molecule has 2 heteroatoms. The van der Waals surface area contributed by atoms with E-state index in [-0.39, 0.29) is 17.2 Å². The van der Waals surface area contributed by atoms with Gasteiger partial charge in [0.2, 0.25) is 5.91 Å². The third kappa shape index (κ3) is 2.79. The molecule has 1 N–H and O–H groups in total. The Bertz CT molecular complexity index is 565. The topological polar surface area (TPSA) is 29.1 Å². The van der Waals surface area contributed by atoms with Crippen LogP contribution in [0.15, 0.2) is 29.8 Å². The van der Waals surface area contributed by atoms with Gasteiger partial charge in [0, 0.05) is 5.69 Å². The van der Waals surface area contributed by atoms with Crippen molar-refractivity contribution in [3.8, 4) is 0 Å². The molecule has 0 aliphatic heterocycles. The van der Waals surface area contributed by atoms with Crippen molar-refractivity contribution in [2.24, 2.45) is 17.3 Å². The van der Waals surface area contributed by atoms with E-state index >= 15 is 0 Å². The van der Waals surface area contributed by atoms with Crippen LogP contribution >= 0.6 is 0 Å². The van der Waals surface area contributed by atoms with Crippen molar-refractivity contribution < 1.29 is 4.79 Å². The minimum atomic E-state index is 0.0685. The maximum absolute atomic E-state index is 12.5. The van der Waals surface area contributed by atoms with Crippen LogP contribution < -0.4 is 5.32 Å². The molecule has 1 saturated carbocycles. The molecule has 2 nitrogen and oxygen atoms in total. The van der Waals surface area contributed by atoms with Gasteiger partial charge in [-0.1, -0.05) is 37.6 Å². The zero-order valence-corrected chi connectivity index (χ0v) is 13.4. The van der Waals surface area contributed by atoms with Crippen LogP contribution in [0.4, 0.5) is 5.69 Å². The van der Waals surface area contributed by atoms with E-state index in [1.165, 1.54) is 11.1 Å². The molecule has 0 spiro atoms. The second kappa shape index (κ2) is 5.08. The molecule has 1 aliphatic rings. The zero-order chi connectivity index (χ0) is 15.1. The minimum Gasteiger partial charge on any atom is -0.326 e. The Labute approximate surface area is 122 Å². The third-order valence-corrected chi connectivity index (χ3v) is 4.36. The highest BCUT2D eigenvalue weighted by atomic mass is 16.2. The first-order chi connectivity index (χ1) is 9.23. The second-order valence-corrected chi connectivity index (χ2v) is 6.88. The van der Waals surface area contributed by atoms with E-state index in [9.17, 15) is 4.79 Å². The highest BCUT2D eigenvalue weighted by molar-refractivity contribution is 5.96. The first-order valence-corrected chi connectivity index (χ1v) is 7.26. The number of benzene rings is 1. The molecule has 0 bridgehead atoms. The summed E-state index contributed by atoms with van der Waals surface area (Å²) >= 11 is 0. The summed E-state index contributed by atoms with van der Waals surface area (Å²) in [4.78, 5) is 12.5. The van der Waals surface area contributed by atoms with E-state index in [4.69, 9.17) is 0 Å². The summed E-state index contributed by atoms with van der Waals surface area (Å²) < 4.78 is 0. The van der Waals surface area contributed by atoms with E-state index in [1.807, 2.05) is 19.9 Å². The van der Waals surface area contributed by atoms with Gasteiger partial charge in [-0.3, -0.25) is 4.79 Å². The van der Waals surface area contributed by atoms with Crippen molar-refractivity contribution >= 4 is 11.6 Å². The van der Waals surface area contributed by atoms with Gasteiger partial charge in [0.05, 0.1) is 5.92 Å². The van der Waals surface area contributed by atoms with Gasteiger partial charge >= 0.3 is 0 Å². The number of carbonyl (C=O) groups is 1. The van der Waals surface area contributed by atoms with E-state index < -0.39 is 0 Å². The summed E-state index contributed by atoms with van der Waals surface area (Å²) in [6.45, 7) is 12.6. The van der Waals surface area contributed by atoms with Crippen molar-refractivity contribution in [1.82, 2.24) is 0 Å². The lowest BCUT2D eigenvalue weighted by molar-refractivity contribution is -0.118. The van der Waals surface area contributed by atoms with E-state index in [0.717, 1.165) is 11.3 Å². The van der Waals surface area contributed by atoms with E-state index in [0.29, 0.717) is 5.92 Å². The second-order valence-electron chi connectivity index (χ2n) is 6.88. The van der Waals surface area contributed by atoms with Gasteiger partial charge < -0.3 is 5.32 Å². The Morgan fingerprint density at radius 1 is 1.25 bits per heavy atom. The number of aryl methyl sites for hydroxylation is 2. The molecule has 20 heavy (non-hydrogen) atoms. The molecular weight excluding hydrogens is 246 g/mol. The van der Waals surface area contributed by atoms with Crippen LogP contribution in [0.25, 0.3) is 0 Å². The van der Waals surface area contributed by atoms with Gasteiger partial charge in [0.1, 0.15) is 0 Å². The Morgan fingerprint density at radius 3 is 2.50 bits per heavy atom. The molecule has 1 aromatic carbocycles. The lowest BCUT2D eigenvalue weighted by Gasteiger charge is -2.10. The first-order valence-electron chi connectivity index (χ1n) is 7.26. The van der Waals surface area contributed by atoms with Crippen molar-refractivity contribution in [3.05, 3.63) is 41.0 Å². The van der Waals surface area contributed by atoms with Gasteiger partial charge in [-0.15, -0.1) is 0 Å². The SMILES string of the molecule is CC(C)=C[C@@H]1[C@@H](C(=O)Nc2cc(C)ccc2C)C1(C)C. The monoisotopic (exact) mass is 271 g/mol. The van der Waals surface area contributed by atoms with Crippen molar-refractivity contribution in [3.63, 3.8) is 0 Å². The average Bonchev–Trinajstić information content (AvgIpc) is 2.84. The highest BCUT2D eigenvalue weighted by Crippen LogP contribution is 2.59. The Kier molecular flexibility index (Phi) is 3.77. The number of nitrogens with one attached hydrogen (secondary N) is 1. The number of carbonyl (C=O) groups excluding carboxylic acids is 1. The number of rotatable bonds is 3. The van der Waals surface area contributed by atoms with Crippen LogP contribution in [-0.4, -0.2) is 5.91 Å². The van der Waals surface area contributed by atoms with Gasteiger partial charge in [-0.05, 0) is 56.2 Å². The summed E-state index contributed by atoms with van der Waals surface area (Å²) in [7, 11) is 0. The standard InChI is InChI=1S/C18H25NO/c1-11(2)9-14-16(18(14,5)6)17(20)19-15-10-12(3)7-8-13(15)4/h7-10,14,16H,1-6H3,(H,19,20)/t14-,16+/m1/s1. The highest BCUT2D eigenvalue weighted by Gasteiger charge is 2.60. The van der Waals surface area contributed by atoms with Crippen molar-refractivity contribution in [2.45, 2.75) is 41.5 Å². The molecule has 1 aromatic rings. The zero-order valence-electron chi connectivity index (χ0n) is 13.4. The summed E-state index contributed by atoms with van der Waals surface area (Å²) in [6.07, 6.45) is 2.23. The van der Waals surface area contributed by atoms with Gasteiger partial charge in [0.15, 0.2) is 0 Å². The molecule has 2 rings (SSSR count). The quantitative estimate of drug-likeness (QED) is 0.807. The summed E-state index contributed by atoms with van der Waals surface area (Å²) in [5.41, 5.74) is 4.57. The lowest BCUT2D eigenvalue weighted by atomic mass is 10.1. The summed E-state index contributed by atoms with van der Waals surface area (Å²) in [5.74, 6) is 0.584. The van der Waals surface area contributed by atoms with Crippen LogP contribution in [0.1, 0.15) is 38.8 Å². The first kappa shape index (κ1) is 14.8. The normalized spacial score (nSPS) is 23.1. The smallest absolute Gasteiger partial charge is 0.228 e. The molecule has 108 valence electrons. The number of amides is 1. The van der Waals surface area contributed by atoms with Crippen LogP contribution in [0.5, 0.6) is 0 Å². The maximum atomic E-state index is 12.5. The van der Waals surface area contributed by atoms with Crippen LogP contribution in [0.3, 0.4) is 0 Å². The van der Waals surface area contributed by atoms with Crippen molar-refractivity contribution in [2.75, 3.05) is 5.32 Å². The van der Waals surface area contributed by atoms with Gasteiger partial charge in [-0.25, -0.2) is 0 Å². The number of hydrogen-bond donors (Lipinski definition) is 1. The molecule has 1 amide bonds.